The summed E-state index contributed by atoms with van der Waals surface area (Å²) in [6.45, 7) is 5.65. The van der Waals surface area contributed by atoms with E-state index in [9.17, 15) is 10.2 Å². The van der Waals surface area contributed by atoms with Crippen LogP contribution in [0.4, 0.5) is 0 Å². The van der Waals surface area contributed by atoms with Gasteiger partial charge in [-0.25, -0.2) is 0 Å². The van der Waals surface area contributed by atoms with Gasteiger partial charge in [0.25, 0.3) is 0 Å². The van der Waals surface area contributed by atoms with Gasteiger partial charge in [0.2, 0.25) is 0 Å². The third-order valence-electron chi connectivity index (χ3n) is 3.12. The van der Waals surface area contributed by atoms with Crippen LogP contribution in [0.3, 0.4) is 0 Å². The molecule has 0 fully saturated rings. The van der Waals surface area contributed by atoms with E-state index in [-0.39, 0.29) is 24.3 Å². The van der Waals surface area contributed by atoms with E-state index >= 15 is 0 Å². The van der Waals surface area contributed by atoms with Gasteiger partial charge in [-0.15, -0.1) is 0 Å². The van der Waals surface area contributed by atoms with Crippen molar-refractivity contribution in [2.45, 2.75) is 39.8 Å². The van der Waals surface area contributed by atoms with Crippen LogP contribution in [0, 0.1) is 12.8 Å². The highest BCUT2D eigenvalue weighted by atomic mass is 16.3. The minimum Gasteiger partial charge on any atom is -0.506 e. The lowest BCUT2D eigenvalue weighted by Crippen LogP contribution is -2.21. The molecule has 16 heavy (non-hydrogen) atoms. The first kappa shape index (κ1) is 12.9. The van der Waals surface area contributed by atoms with E-state index < -0.39 is 0 Å². The Bertz CT molecular complexity index is 366. The van der Waals surface area contributed by atoms with Gasteiger partial charge in [0.1, 0.15) is 5.75 Å². The first-order chi connectivity index (χ1) is 7.52. The Morgan fingerprint density at radius 2 is 2.12 bits per heavy atom. The van der Waals surface area contributed by atoms with Gasteiger partial charge in [0.15, 0.2) is 0 Å². The number of hydrogen-bond acceptors (Lipinski definition) is 4. The van der Waals surface area contributed by atoms with Gasteiger partial charge < -0.3 is 15.9 Å². The normalized spacial score (nSPS) is 14.8. The highest BCUT2D eigenvalue weighted by molar-refractivity contribution is 5.42. The number of aromatic nitrogens is 1. The second-order valence-corrected chi connectivity index (χ2v) is 4.20. The van der Waals surface area contributed by atoms with Crippen LogP contribution < -0.4 is 5.73 Å². The molecular formula is C12H20N2O2. The molecule has 0 amide bonds. The Labute approximate surface area is 96.1 Å². The first-order valence-electron chi connectivity index (χ1n) is 5.56. The molecule has 4 heteroatoms. The summed E-state index contributed by atoms with van der Waals surface area (Å²) in [6, 6.07) is -0.270. The lowest BCUT2D eigenvalue weighted by Gasteiger charge is -2.22. The van der Waals surface area contributed by atoms with Crippen molar-refractivity contribution in [2.24, 2.45) is 11.7 Å². The number of aliphatic hydroxyl groups is 1. The summed E-state index contributed by atoms with van der Waals surface area (Å²) in [6.07, 6.45) is 2.50. The highest BCUT2D eigenvalue weighted by Gasteiger charge is 2.21. The average Bonchev–Trinajstić information content (AvgIpc) is 2.30. The minimum atomic E-state index is -0.270. The zero-order valence-electron chi connectivity index (χ0n) is 10.1. The molecule has 1 unspecified atom stereocenters. The van der Waals surface area contributed by atoms with Crippen molar-refractivity contribution >= 4 is 0 Å². The minimum absolute atomic E-state index is 0.111. The smallest absolute Gasteiger partial charge is 0.141 e. The van der Waals surface area contributed by atoms with E-state index in [2.05, 4.69) is 4.98 Å². The SMILES string of the molecule is CCC(C)[C@H](N)c1c(CO)cnc(C)c1O. The van der Waals surface area contributed by atoms with Gasteiger partial charge in [-0.1, -0.05) is 20.3 Å². The first-order valence-corrected chi connectivity index (χ1v) is 5.56. The van der Waals surface area contributed by atoms with Crippen LogP contribution >= 0.6 is 0 Å². The van der Waals surface area contributed by atoms with Crippen molar-refractivity contribution in [1.82, 2.24) is 4.98 Å². The quantitative estimate of drug-likeness (QED) is 0.726. The fourth-order valence-electron chi connectivity index (χ4n) is 1.69. The summed E-state index contributed by atoms with van der Waals surface area (Å²) < 4.78 is 0. The van der Waals surface area contributed by atoms with Crippen molar-refractivity contribution < 1.29 is 10.2 Å². The molecule has 0 aromatic carbocycles. The molecule has 1 aromatic heterocycles. The standard InChI is InChI=1S/C12H20N2O2/c1-4-7(2)11(13)10-9(6-15)5-14-8(3)12(10)16/h5,7,11,15-16H,4,6,13H2,1-3H3/t7?,11-/m0/s1. The van der Waals surface area contributed by atoms with E-state index in [1.807, 2.05) is 13.8 Å². The molecular weight excluding hydrogens is 204 g/mol. The Kier molecular flexibility index (Phi) is 4.26. The summed E-state index contributed by atoms with van der Waals surface area (Å²) in [5, 5.41) is 19.2. The topological polar surface area (TPSA) is 79.4 Å². The van der Waals surface area contributed by atoms with E-state index in [1.165, 1.54) is 0 Å². The molecule has 0 aliphatic carbocycles. The van der Waals surface area contributed by atoms with Crippen molar-refractivity contribution in [3.63, 3.8) is 0 Å². The summed E-state index contributed by atoms with van der Waals surface area (Å²) in [5.74, 6) is 0.359. The highest BCUT2D eigenvalue weighted by Crippen LogP contribution is 2.33. The predicted molar refractivity (Wildman–Crippen MR) is 62.9 cm³/mol. The van der Waals surface area contributed by atoms with Gasteiger partial charge in [-0.2, -0.15) is 0 Å². The molecule has 1 rings (SSSR count). The summed E-state index contributed by atoms with van der Waals surface area (Å²) in [4.78, 5) is 4.01. The molecule has 0 saturated carbocycles. The zero-order valence-corrected chi connectivity index (χ0v) is 10.1. The Balaban J connectivity index is 3.23. The van der Waals surface area contributed by atoms with Gasteiger partial charge in [-0.05, 0) is 12.8 Å². The molecule has 0 aliphatic heterocycles. The van der Waals surface area contributed by atoms with Crippen LogP contribution in [0.25, 0.3) is 0 Å². The molecule has 90 valence electrons. The van der Waals surface area contributed by atoms with Gasteiger partial charge >= 0.3 is 0 Å². The molecule has 2 atom stereocenters. The lowest BCUT2D eigenvalue weighted by molar-refractivity contribution is 0.276. The molecule has 0 spiro atoms. The number of rotatable bonds is 4. The summed E-state index contributed by atoms with van der Waals surface area (Å²) in [5.41, 5.74) is 7.88. The number of aromatic hydroxyl groups is 1. The van der Waals surface area contributed by atoms with Crippen LogP contribution in [0.15, 0.2) is 6.20 Å². The van der Waals surface area contributed by atoms with Crippen molar-refractivity contribution in [3.8, 4) is 5.75 Å². The van der Waals surface area contributed by atoms with E-state index in [1.54, 1.807) is 13.1 Å². The predicted octanol–water partition coefficient (Wildman–Crippen LogP) is 1.63. The van der Waals surface area contributed by atoms with Crippen molar-refractivity contribution in [1.29, 1.82) is 0 Å². The number of nitrogens with zero attached hydrogens (tertiary/aromatic N) is 1. The Morgan fingerprint density at radius 1 is 1.50 bits per heavy atom. The molecule has 1 heterocycles. The van der Waals surface area contributed by atoms with E-state index in [0.29, 0.717) is 16.8 Å². The van der Waals surface area contributed by atoms with Crippen LogP contribution in [0.5, 0.6) is 5.75 Å². The maximum absolute atomic E-state index is 9.97. The maximum Gasteiger partial charge on any atom is 0.141 e. The Morgan fingerprint density at radius 3 is 2.62 bits per heavy atom. The molecule has 4 nitrogen and oxygen atoms in total. The summed E-state index contributed by atoms with van der Waals surface area (Å²) >= 11 is 0. The molecule has 0 aliphatic rings. The molecule has 4 N–H and O–H groups in total. The van der Waals surface area contributed by atoms with Crippen molar-refractivity contribution in [2.75, 3.05) is 0 Å². The van der Waals surface area contributed by atoms with Gasteiger partial charge in [-0.3, -0.25) is 4.98 Å². The fourth-order valence-corrected chi connectivity index (χ4v) is 1.69. The van der Waals surface area contributed by atoms with Crippen LogP contribution in [0.2, 0.25) is 0 Å². The Hall–Kier alpha value is -1.13. The van der Waals surface area contributed by atoms with E-state index in [4.69, 9.17) is 5.73 Å². The van der Waals surface area contributed by atoms with Gasteiger partial charge in [0, 0.05) is 23.4 Å². The average molecular weight is 224 g/mol. The molecule has 0 radical (unpaired) electrons. The summed E-state index contributed by atoms with van der Waals surface area (Å²) in [7, 11) is 0. The van der Waals surface area contributed by atoms with E-state index in [0.717, 1.165) is 6.42 Å². The van der Waals surface area contributed by atoms with Crippen molar-refractivity contribution in [3.05, 3.63) is 23.0 Å². The third-order valence-corrected chi connectivity index (χ3v) is 3.12. The third kappa shape index (κ3) is 2.33. The second kappa shape index (κ2) is 5.27. The fraction of sp³-hybridized carbons (Fsp3) is 0.583. The maximum atomic E-state index is 9.97. The largest absolute Gasteiger partial charge is 0.506 e. The van der Waals surface area contributed by atoms with Crippen LogP contribution in [-0.4, -0.2) is 15.2 Å². The molecule has 0 saturated heterocycles. The number of aliphatic hydroxyl groups excluding tert-OH is 1. The van der Waals surface area contributed by atoms with Crippen LogP contribution in [0.1, 0.15) is 43.1 Å². The van der Waals surface area contributed by atoms with Gasteiger partial charge in [0.05, 0.1) is 12.3 Å². The molecule has 0 bridgehead atoms. The molecule has 1 aromatic rings. The zero-order chi connectivity index (χ0) is 12.3. The second-order valence-electron chi connectivity index (χ2n) is 4.20. The number of nitrogens with two attached hydrogens (primary N) is 1. The number of pyridine rings is 1. The monoisotopic (exact) mass is 224 g/mol. The lowest BCUT2D eigenvalue weighted by atomic mass is 9.90. The number of aryl methyl sites for hydroxylation is 1. The number of hydrogen-bond donors (Lipinski definition) is 3. The van der Waals surface area contributed by atoms with Crippen LogP contribution in [-0.2, 0) is 6.61 Å².